The van der Waals surface area contributed by atoms with Crippen molar-refractivity contribution in [1.29, 1.82) is 0 Å². The van der Waals surface area contributed by atoms with Crippen LogP contribution in [0.25, 0.3) is 0 Å². The van der Waals surface area contributed by atoms with Crippen molar-refractivity contribution in [3.05, 3.63) is 21.9 Å². The predicted molar refractivity (Wildman–Crippen MR) is 90.6 cm³/mol. The normalized spacial score (nSPS) is 21.9. The molecule has 128 valence electrons. The number of nitrogens with zero attached hydrogens (tertiary/aromatic N) is 2. The molecule has 1 fully saturated rings. The van der Waals surface area contributed by atoms with Gasteiger partial charge in [0.05, 0.1) is 11.3 Å². The molecule has 2 aliphatic rings. The third-order valence-corrected chi connectivity index (χ3v) is 7.39. The molecule has 0 radical (unpaired) electrons. The van der Waals surface area contributed by atoms with E-state index in [9.17, 15) is 13.2 Å². The van der Waals surface area contributed by atoms with Crippen LogP contribution in [0.3, 0.4) is 0 Å². The van der Waals surface area contributed by atoms with Crippen LogP contribution < -0.4 is 5.14 Å². The van der Waals surface area contributed by atoms with Gasteiger partial charge in [0, 0.05) is 31.1 Å². The number of fused-ring (bicyclic) bond motifs is 1. The minimum Gasteiger partial charge on any atom is -0.337 e. The lowest BCUT2D eigenvalue weighted by atomic mass is 10.1. The number of nitrogens with two attached hydrogens (primary N) is 1. The smallest absolute Gasteiger partial charge is 0.239 e. The van der Waals surface area contributed by atoms with E-state index in [2.05, 4.69) is 16.3 Å². The molecule has 1 saturated heterocycles. The maximum absolute atomic E-state index is 12.8. The van der Waals surface area contributed by atoms with Crippen LogP contribution in [0.1, 0.15) is 30.2 Å². The Hall–Kier alpha value is -0.960. The molecular weight excluding hydrogens is 334 g/mol. The maximum Gasteiger partial charge on any atom is 0.239 e. The number of hydrogen-bond acceptors (Lipinski definition) is 5. The zero-order valence-electron chi connectivity index (χ0n) is 13.3. The molecule has 23 heavy (non-hydrogen) atoms. The number of likely N-dealkylation sites (tertiary alicyclic amines) is 1. The quantitative estimate of drug-likeness (QED) is 0.866. The first-order valence-electron chi connectivity index (χ1n) is 7.96. The zero-order valence-corrected chi connectivity index (χ0v) is 14.9. The molecule has 0 aromatic carbocycles. The Labute approximate surface area is 141 Å². The molecule has 2 aliphatic heterocycles. The summed E-state index contributed by atoms with van der Waals surface area (Å²) >= 11 is 1.76. The number of piperidine rings is 1. The molecule has 1 aromatic heterocycles. The fraction of sp³-hybridized carbons (Fsp3) is 0.667. The third-order valence-electron chi connectivity index (χ3n) is 4.97. The van der Waals surface area contributed by atoms with Gasteiger partial charge in [0.25, 0.3) is 0 Å². The van der Waals surface area contributed by atoms with Crippen LogP contribution >= 0.6 is 11.3 Å². The second-order valence-corrected chi connectivity index (χ2v) is 9.22. The zero-order chi connectivity index (χ0) is 16.6. The van der Waals surface area contributed by atoms with E-state index in [0.29, 0.717) is 32.5 Å². The monoisotopic (exact) mass is 357 g/mol. The molecule has 1 atom stereocenters. The number of carbonyl (C=O) groups excluding carboxylic acids is 1. The van der Waals surface area contributed by atoms with Crippen LogP contribution in [0, 0.1) is 0 Å². The molecule has 0 aliphatic carbocycles. The number of hydrogen-bond donors (Lipinski definition) is 1. The molecule has 3 heterocycles. The van der Waals surface area contributed by atoms with Gasteiger partial charge in [-0.05, 0) is 43.2 Å². The summed E-state index contributed by atoms with van der Waals surface area (Å²) in [5, 5.41) is 6.84. The van der Waals surface area contributed by atoms with Gasteiger partial charge in [0.2, 0.25) is 15.9 Å². The topological polar surface area (TPSA) is 83.7 Å². The predicted octanol–water partition coefficient (Wildman–Crippen LogP) is 0.774. The van der Waals surface area contributed by atoms with Gasteiger partial charge in [0.15, 0.2) is 0 Å². The highest BCUT2D eigenvalue weighted by atomic mass is 32.2. The molecule has 1 aromatic rings. The highest BCUT2D eigenvalue weighted by Gasteiger charge is 2.33. The van der Waals surface area contributed by atoms with Gasteiger partial charge in [-0.3, -0.25) is 9.69 Å². The van der Waals surface area contributed by atoms with Crippen LogP contribution in [0.5, 0.6) is 0 Å². The van der Waals surface area contributed by atoms with Gasteiger partial charge in [-0.25, -0.2) is 13.6 Å². The Morgan fingerprint density at radius 3 is 2.70 bits per heavy atom. The van der Waals surface area contributed by atoms with Crippen molar-refractivity contribution in [2.24, 2.45) is 5.14 Å². The summed E-state index contributed by atoms with van der Waals surface area (Å²) in [6, 6.07) is 1.89. The number of rotatable bonds is 3. The van der Waals surface area contributed by atoms with Gasteiger partial charge in [-0.15, -0.1) is 11.3 Å². The van der Waals surface area contributed by atoms with E-state index in [1.54, 1.807) is 11.3 Å². The lowest BCUT2D eigenvalue weighted by Gasteiger charge is -2.37. The number of carbonyl (C=O) groups is 1. The highest BCUT2D eigenvalue weighted by molar-refractivity contribution is 7.89. The number of primary sulfonamides is 1. The molecule has 1 amide bonds. The Bertz CT molecular complexity index is 678. The molecule has 0 unspecified atom stereocenters. The van der Waals surface area contributed by atoms with Crippen molar-refractivity contribution in [2.45, 2.75) is 44.0 Å². The SMILES string of the molecule is C[C@H](C(=O)N1CCc2sccc2C1)N1CCC(S(N)(=O)=O)CC1. The van der Waals surface area contributed by atoms with E-state index in [0.717, 1.165) is 13.0 Å². The summed E-state index contributed by atoms with van der Waals surface area (Å²) in [4.78, 5) is 18.1. The van der Waals surface area contributed by atoms with Gasteiger partial charge < -0.3 is 4.90 Å². The summed E-state index contributed by atoms with van der Waals surface area (Å²) < 4.78 is 22.8. The van der Waals surface area contributed by atoms with Crippen molar-refractivity contribution < 1.29 is 13.2 Å². The van der Waals surface area contributed by atoms with Crippen LogP contribution in [-0.2, 0) is 27.8 Å². The Morgan fingerprint density at radius 2 is 2.04 bits per heavy atom. The first kappa shape index (κ1) is 16.9. The lowest BCUT2D eigenvalue weighted by Crippen LogP contribution is -2.52. The molecule has 6 nitrogen and oxygen atoms in total. The third kappa shape index (κ3) is 3.60. The van der Waals surface area contributed by atoms with Gasteiger partial charge in [0.1, 0.15) is 0 Å². The van der Waals surface area contributed by atoms with Crippen LogP contribution in [0.2, 0.25) is 0 Å². The Kier molecular flexibility index (Phi) is 4.78. The van der Waals surface area contributed by atoms with E-state index < -0.39 is 15.3 Å². The largest absolute Gasteiger partial charge is 0.337 e. The number of thiophene rings is 1. The second kappa shape index (κ2) is 6.51. The molecular formula is C15H23N3O3S2. The standard InChI is InChI=1S/C15H23N3O3S2/c1-11(17-6-2-13(3-7-17)23(16,20)21)15(19)18-8-4-14-12(10-18)5-9-22-14/h5,9,11,13H,2-4,6-8,10H2,1H3,(H2,16,20,21)/t11-/m1/s1. The minimum absolute atomic E-state index is 0.135. The van der Waals surface area contributed by atoms with E-state index in [4.69, 9.17) is 5.14 Å². The lowest BCUT2D eigenvalue weighted by molar-refractivity contribution is -0.137. The van der Waals surface area contributed by atoms with E-state index >= 15 is 0 Å². The molecule has 0 saturated carbocycles. The molecule has 3 rings (SSSR count). The van der Waals surface area contributed by atoms with Crippen molar-refractivity contribution in [3.63, 3.8) is 0 Å². The van der Waals surface area contributed by atoms with Crippen LogP contribution in [0.4, 0.5) is 0 Å². The summed E-state index contributed by atoms with van der Waals surface area (Å²) in [5.41, 5.74) is 1.26. The highest BCUT2D eigenvalue weighted by Crippen LogP contribution is 2.25. The summed E-state index contributed by atoms with van der Waals surface area (Å²) in [6.07, 6.45) is 1.94. The number of amides is 1. The van der Waals surface area contributed by atoms with Crippen molar-refractivity contribution in [1.82, 2.24) is 9.80 Å². The van der Waals surface area contributed by atoms with Crippen LogP contribution in [-0.4, -0.2) is 55.1 Å². The fourth-order valence-corrected chi connectivity index (χ4v) is 5.21. The summed E-state index contributed by atoms with van der Waals surface area (Å²) in [7, 11) is -3.46. The summed E-state index contributed by atoms with van der Waals surface area (Å²) in [6.45, 7) is 4.58. The van der Waals surface area contributed by atoms with E-state index in [1.807, 2.05) is 11.8 Å². The molecule has 8 heteroatoms. The average molecular weight is 358 g/mol. The van der Waals surface area contributed by atoms with Gasteiger partial charge in [-0.2, -0.15) is 0 Å². The Balaban J connectivity index is 1.59. The van der Waals surface area contributed by atoms with Crippen molar-refractivity contribution >= 4 is 27.3 Å². The average Bonchev–Trinajstić information content (AvgIpc) is 3.00. The molecule has 0 bridgehead atoms. The summed E-state index contributed by atoms with van der Waals surface area (Å²) in [5.74, 6) is 0.135. The van der Waals surface area contributed by atoms with E-state index in [1.165, 1.54) is 10.4 Å². The number of sulfonamides is 1. The first-order chi connectivity index (χ1) is 10.9. The van der Waals surface area contributed by atoms with Crippen molar-refractivity contribution in [2.75, 3.05) is 19.6 Å². The Morgan fingerprint density at radius 1 is 1.35 bits per heavy atom. The van der Waals surface area contributed by atoms with Crippen molar-refractivity contribution in [3.8, 4) is 0 Å². The molecule has 2 N–H and O–H groups in total. The maximum atomic E-state index is 12.8. The van der Waals surface area contributed by atoms with E-state index in [-0.39, 0.29) is 11.9 Å². The fourth-order valence-electron chi connectivity index (χ4n) is 3.45. The van der Waals surface area contributed by atoms with Gasteiger partial charge >= 0.3 is 0 Å². The molecule has 0 spiro atoms. The minimum atomic E-state index is -3.46. The first-order valence-corrected chi connectivity index (χ1v) is 10.4. The second-order valence-electron chi connectivity index (χ2n) is 6.38. The van der Waals surface area contributed by atoms with Crippen LogP contribution in [0.15, 0.2) is 11.4 Å². The van der Waals surface area contributed by atoms with Gasteiger partial charge in [-0.1, -0.05) is 0 Å².